The quantitative estimate of drug-likeness (QED) is 0.749. The zero-order chi connectivity index (χ0) is 15.5. The number of H-pyrrole nitrogens is 1. The summed E-state index contributed by atoms with van der Waals surface area (Å²) in [5.41, 5.74) is 1.51. The number of nitrogens with one attached hydrogen (secondary N) is 1. The van der Waals surface area contributed by atoms with Crippen LogP contribution < -0.4 is 0 Å². The van der Waals surface area contributed by atoms with Crippen molar-refractivity contribution in [1.82, 2.24) is 25.0 Å². The highest BCUT2D eigenvalue weighted by molar-refractivity contribution is 6.36. The molecule has 0 aliphatic heterocycles. The third-order valence-corrected chi connectivity index (χ3v) is 3.87. The number of halogens is 2. The van der Waals surface area contributed by atoms with E-state index in [1.54, 1.807) is 35.1 Å². The fourth-order valence-corrected chi connectivity index (χ4v) is 2.68. The lowest BCUT2D eigenvalue weighted by atomic mass is 10.1. The van der Waals surface area contributed by atoms with Crippen LogP contribution in [0.15, 0.2) is 30.5 Å². The molecule has 2 N–H and O–H groups in total. The molecule has 0 atom stereocenters. The molecule has 0 aliphatic rings. The normalized spacial score (nSPS) is 11.0. The molecule has 0 bridgehead atoms. The van der Waals surface area contributed by atoms with E-state index in [-0.39, 0.29) is 6.61 Å². The number of aromatic amines is 1. The van der Waals surface area contributed by atoms with Gasteiger partial charge in [-0.25, -0.2) is 9.67 Å². The van der Waals surface area contributed by atoms with E-state index in [0.717, 1.165) is 11.3 Å². The van der Waals surface area contributed by atoms with Crippen molar-refractivity contribution >= 4 is 23.2 Å². The van der Waals surface area contributed by atoms with E-state index in [1.165, 1.54) is 0 Å². The first-order valence-electron chi connectivity index (χ1n) is 6.66. The minimum Gasteiger partial charge on any atom is -0.394 e. The predicted molar refractivity (Wildman–Crippen MR) is 84.0 cm³/mol. The second-order valence-corrected chi connectivity index (χ2v) is 5.46. The Hall–Kier alpha value is -1.89. The van der Waals surface area contributed by atoms with Crippen LogP contribution in [0, 0.1) is 0 Å². The molecule has 22 heavy (non-hydrogen) atoms. The molecule has 0 saturated heterocycles. The third kappa shape index (κ3) is 2.99. The summed E-state index contributed by atoms with van der Waals surface area (Å²) in [6.07, 6.45) is 2.05. The van der Waals surface area contributed by atoms with Crippen LogP contribution in [0.4, 0.5) is 0 Å². The van der Waals surface area contributed by atoms with E-state index in [4.69, 9.17) is 23.2 Å². The Balaban J connectivity index is 1.97. The molecule has 114 valence electrons. The number of aliphatic hydroxyl groups is 1. The van der Waals surface area contributed by atoms with Gasteiger partial charge in [-0.2, -0.15) is 10.2 Å². The van der Waals surface area contributed by atoms with E-state index < -0.39 is 0 Å². The molecule has 3 aromatic rings. The Morgan fingerprint density at radius 2 is 1.95 bits per heavy atom. The molecule has 2 heterocycles. The fourth-order valence-electron chi connectivity index (χ4n) is 2.15. The Labute approximate surface area is 136 Å². The average molecular weight is 338 g/mol. The summed E-state index contributed by atoms with van der Waals surface area (Å²) in [4.78, 5) is 4.50. The molecular weight excluding hydrogens is 325 g/mol. The SMILES string of the molecule is OCCn1nc(Cc2c(Cl)cccc2Cl)nc1-c1ccn[nH]1. The lowest BCUT2D eigenvalue weighted by Crippen LogP contribution is -2.06. The zero-order valence-corrected chi connectivity index (χ0v) is 13.0. The van der Waals surface area contributed by atoms with Crippen molar-refractivity contribution in [2.45, 2.75) is 13.0 Å². The number of aromatic nitrogens is 5. The number of aliphatic hydroxyl groups excluding tert-OH is 1. The zero-order valence-electron chi connectivity index (χ0n) is 11.5. The molecule has 0 amide bonds. The van der Waals surface area contributed by atoms with Crippen LogP contribution in [0.3, 0.4) is 0 Å². The van der Waals surface area contributed by atoms with E-state index in [9.17, 15) is 5.11 Å². The van der Waals surface area contributed by atoms with Gasteiger partial charge >= 0.3 is 0 Å². The van der Waals surface area contributed by atoms with Crippen molar-refractivity contribution in [2.75, 3.05) is 6.61 Å². The van der Waals surface area contributed by atoms with Crippen LogP contribution >= 0.6 is 23.2 Å². The fraction of sp³-hybridized carbons (Fsp3) is 0.214. The van der Waals surface area contributed by atoms with E-state index in [0.29, 0.717) is 34.7 Å². The van der Waals surface area contributed by atoms with Gasteiger partial charge in [0.2, 0.25) is 0 Å². The van der Waals surface area contributed by atoms with Gasteiger partial charge in [-0.05, 0) is 23.8 Å². The third-order valence-electron chi connectivity index (χ3n) is 3.17. The second kappa shape index (κ2) is 6.48. The highest BCUT2D eigenvalue weighted by Crippen LogP contribution is 2.26. The van der Waals surface area contributed by atoms with Crippen LogP contribution in [0.5, 0.6) is 0 Å². The summed E-state index contributed by atoms with van der Waals surface area (Å²) in [5.74, 6) is 1.19. The van der Waals surface area contributed by atoms with Crippen molar-refractivity contribution in [1.29, 1.82) is 0 Å². The van der Waals surface area contributed by atoms with Crippen LogP contribution in [-0.2, 0) is 13.0 Å². The molecule has 0 saturated carbocycles. The van der Waals surface area contributed by atoms with Crippen molar-refractivity contribution < 1.29 is 5.11 Å². The van der Waals surface area contributed by atoms with Gasteiger partial charge in [0, 0.05) is 22.7 Å². The lowest BCUT2D eigenvalue weighted by molar-refractivity contribution is 0.270. The molecule has 1 aromatic carbocycles. The summed E-state index contributed by atoms with van der Waals surface area (Å²) < 4.78 is 1.63. The van der Waals surface area contributed by atoms with Crippen LogP contribution in [-0.4, -0.2) is 36.7 Å². The number of benzene rings is 1. The first-order chi connectivity index (χ1) is 10.7. The molecule has 0 spiro atoms. The smallest absolute Gasteiger partial charge is 0.176 e. The van der Waals surface area contributed by atoms with Crippen molar-refractivity contribution in [3.05, 3.63) is 51.9 Å². The highest BCUT2D eigenvalue weighted by Gasteiger charge is 2.15. The maximum absolute atomic E-state index is 9.17. The van der Waals surface area contributed by atoms with Gasteiger partial charge in [-0.15, -0.1) is 0 Å². The Bertz CT molecular complexity index is 749. The van der Waals surface area contributed by atoms with Gasteiger partial charge in [0.05, 0.1) is 13.2 Å². The predicted octanol–water partition coefficient (Wildman–Crippen LogP) is 2.56. The van der Waals surface area contributed by atoms with Gasteiger partial charge in [-0.3, -0.25) is 5.10 Å². The van der Waals surface area contributed by atoms with Crippen LogP contribution in [0.1, 0.15) is 11.4 Å². The number of hydrogen-bond donors (Lipinski definition) is 2. The summed E-state index contributed by atoms with van der Waals surface area (Å²) in [5, 5.41) is 21.5. The minimum absolute atomic E-state index is 0.0310. The van der Waals surface area contributed by atoms with Crippen molar-refractivity contribution in [3.8, 4) is 11.5 Å². The molecule has 0 aliphatic carbocycles. The molecule has 0 unspecified atom stereocenters. The summed E-state index contributed by atoms with van der Waals surface area (Å²) in [6, 6.07) is 7.15. The average Bonchev–Trinajstić information content (AvgIpc) is 3.13. The van der Waals surface area contributed by atoms with Gasteiger partial charge in [0.25, 0.3) is 0 Å². The lowest BCUT2D eigenvalue weighted by Gasteiger charge is -2.03. The van der Waals surface area contributed by atoms with Crippen molar-refractivity contribution in [2.24, 2.45) is 0 Å². The summed E-state index contributed by atoms with van der Waals surface area (Å²) in [7, 11) is 0. The number of hydrogen-bond acceptors (Lipinski definition) is 4. The highest BCUT2D eigenvalue weighted by atomic mass is 35.5. The first kappa shape index (κ1) is 15.0. The van der Waals surface area contributed by atoms with Crippen LogP contribution in [0.25, 0.3) is 11.5 Å². The summed E-state index contributed by atoms with van der Waals surface area (Å²) >= 11 is 12.4. The maximum atomic E-state index is 9.17. The van der Waals surface area contributed by atoms with Gasteiger partial charge in [0.1, 0.15) is 5.69 Å². The first-order valence-corrected chi connectivity index (χ1v) is 7.42. The largest absolute Gasteiger partial charge is 0.394 e. The standard InChI is InChI=1S/C14H13Cl2N5O/c15-10-2-1-3-11(16)9(10)8-13-18-14(12-4-5-17-19-12)21(20-13)6-7-22/h1-5,22H,6-8H2,(H,17,19). The molecule has 2 aromatic heterocycles. The van der Waals surface area contributed by atoms with Crippen molar-refractivity contribution in [3.63, 3.8) is 0 Å². The Morgan fingerprint density at radius 1 is 1.18 bits per heavy atom. The maximum Gasteiger partial charge on any atom is 0.176 e. The van der Waals surface area contributed by atoms with Gasteiger partial charge in [-0.1, -0.05) is 29.3 Å². The number of nitrogens with zero attached hydrogens (tertiary/aromatic N) is 4. The molecular formula is C14H13Cl2N5O. The minimum atomic E-state index is -0.0310. The molecule has 3 rings (SSSR count). The van der Waals surface area contributed by atoms with E-state index in [1.807, 2.05) is 0 Å². The van der Waals surface area contributed by atoms with Gasteiger partial charge < -0.3 is 5.11 Å². The molecule has 6 nitrogen and oxygen atoms in total. The molecule has 0 radical (unpaired) electrons. The molecule has 0 fully saturated rings. The topological polar surface area (TPSA) is 79.6 Å². The molecule has 8 heteroatoms. The monoisotopic (exact) mass is 337 g/mol. The summed E-state index contributed by atoms with van der Waals surface area (Å²) in [6.45, 7) is 0.314. The Kier molecular flexibility index (Phi) is 4.42. The van der Waals surface area contributed by atoms with E-state index in [2.05, 4.69) is 20.3 Å². The van der Waals surface area contributed by atoms with Gasteiger partial charge in [0.15, 0.2) is 11.6 Å². The van der Waals surface area contributed by atoms with Crippen LogP contribution in [0.2, 0.25) is 10.0 Å². The second-order valence-electron chi connectivity index (χ2n) is 4.65. The van der Waals surface area contributed by atoms with E-state index >= 15 is 0 Å². The Morgan fingerprint density at radius 3 is 2.59 bits per heavy atom. The number of rotatable bonds is 5.